The highest BCUT2D eigenvalue weighted by atomic mass is 35.5. The van der Waals surface area contributed by atoms with Crippen molar-refractivity contribution >= 4 is 17.6 Å². The first kappa shape index (κ1) is 14.0. The Morgan fingerprint density at radius 1 is 1.59 bits per heavy atom. The van der Waals surface area contributed by atoms with Gasteiger partial charge in [-0.25, -0.2) is 4.98 Å². The quantitative estimate of drug-likeness (QED) is 0.613. The van der Waals surface area contributed by atoms with Gasteiger partial charge in [-0.1, -0.05) is 25.4 Å². The van der Waals surface area contributed by atoms with Gasteiger partial charge in [0.1, 0.15) is 5.15 Å². The number of rotatable bonds is 4. The Morgan fingerprint density at radius 2 is 2.24 bits per heavy atom. The highest BCUT2D eigenvalue weighted by molar-refractivity contribution is 6.29. The van der Waals surface area contributed by atoms with Gasteiger partial charge < -0.3 is 4.74 Å². The molecule has 1 heterocycles. The van der Waals surface area contributed by atoms with Crippen molar-refractivity contribution in [1.29, 1.82) is 0 Å². The minimum Gasteiger partial charge on any atom is -0.465 e. The third-order valence-corrected chi connectivity index (χ3v) is 3.39. The van der Waals surface area contributed by atoms with Gasteiger partial charge in [0.25, 0.3) is 0 Å². The van der Waals surface area contributed by atoms with Crippen LogP contribution in [0.4, 0.5) is 0 Å². The van der Waals surface area contributed by atoms with Crippen molar-refractivity contribution in [3.8, 4) is 0 Å². The third-order valence-electron chi connectivity index (χ3n) is 3.18. The van der Waals surface area contributed by atoms with Crippen LogP contribution in [0, 0.1) is 5.92 Å². The number of halogens is 1. The van der Waals surface area contributed by atoms with Crippen molar-refractivity contribution in [1.82, 2.24) is 4.98 Å². The Hall–Kier alpha value is -1.09. The Bertz CT molecular complexity index is 406. The van der Waals surface area contributed by atoms with Gasteiger partial charge in [0, 0.05) is 6.20 Å². The second-order valence-corrected chi connectivity index (χ2v) is 4.83. The van der Waals surface area contributed by atoms with E-state index >= 15 is 0 Å². The van der Waals surface area contributed by atoms with Crippen LogP contribution in [-0.4, -0.2) is 17.6 Å². The summed E-state index contributed by atoms with van der Waals surface area (Å²) in [5.41, 5.74) is 0.147. The molecule has 0 bridgehead atoms. The van der Waals surface area contributed by atoms with Crippen LogP contribution in [0.3, 0.4) is 0 Å². The van der Waals surface area contributed by atoms with Crippen LogP contribution < -0.4 is 0 Å². The highest BCUT2D eigenvalue weighted by Gasteiger charge is 2.40. The van der Waals surface area contributed by atoms with Gasteiger partial charge in [-0.15, -0.1) is 0 Å². The molecule has 4 heteroatoms. The summed E-state index contributed by atoms with van der Waals surface area (Å²) in [7, 11) is 0. The Kier molecular flexibility index (Phi) is 4.52. The first-order valence-electron chi connectivity index (χ1n) is 5.72. The van der Waals surface area contributed by atoms with E-state index in [1.54, 1.807) is 19.2 Å². The molecule has 0 aliphatic carbocycles. The first-order valence-corrected chi connectivity index (χ1v) is 6.10. The molecule has 1 atom stereocenters. The number of hydrogen-bond donors (Lipinski definition) is 0. The molecule has 94 valence electrons. The molecule has 1 aromatic rings. The summed E-state index contributed by atoms with van der Waals surface area (Å²) in [6, 6.07) is 3.53. The molecule has 1 rings (SSSR count). The number of aromatic nitrogens is 1. The summed E-state index contributed by atoms with van der Waals surface area (Å²) < 4.78 is 5.16. The van der Waals surface area contributed by atoms with E-state index in [9.17, 15) is 4.79 Å². The number of carbonyl (C=O) groups excluding carboxylic acids is 1. The van der Waals surface area contributed by atoms with E-state index in [1.807, 2.05) is 26.8 Å². The fourth-order valence-corrected chi connectivity index (χ4v) is 1.87. The van der Waals surface area contributed by atoms with E-state index in [-0.39, 0.29) is 11.9 Å². The van der Waals surface area contributed by atoms with Gasteiger partial charge >= 0.3 is 5.97 Å². The zero-order valence-electron chi connectivity index (χ0n) is 10.7. The summed E-state index contributed by atoms with van der Waals surface area (Å²) in [5, 5.41) is 0.388. The molecular weight excluding hydrogens is 238 g/mol. The van der Waals surface area contributed by atoms with E-state index in [0.717, 1.165) is 5.56 Å². The molecule has 0 aromatic carbocycles. The van der Waals surface area contributed by atoms with Gasteiger partial charge in [-0.05, 0) is 37.5 Å². The van der Waals surface area contributed by atoms with Crippen molar-refractivity contribution in [3.63, 3.8) is 0 Å². The van der Waals surface area contributed by atoms with Gasteiger partial charge in [0.2, 0.25) is 0 Å². The Morgan fingerprint density at radius 3 is 2.71 bits per heavy atom. The largest absolute Gasteiger partial charge is 0.465 e. The van der Waals surface area contributed by atoms with Gasteiger partial charge in [0.05, 0.1) is 12.0 Å². The summed E-state index contributed by atoms with van der Waals surface area (Å²) in [6.45, 7) is 8.04. The topological polar surface area (TPSA) is 39.2 Å². The lowest BCUT2D eigenvalue weighted by atomic mass is 9.73. The predicted octanol–water partition coefficient (Wildman–Crippen LogP) is 3.21. The molecule has 0 aliphatic heterocycles. The van der Waals surface area contributed by atoms with E-state index in [4.69, 9.17) is 16.3 Å². The maximum Gasteiger partial charge on any atom is 0.316 e. The lowest BCUT2D eigenvalue weighted by Crippen LogP contribution is -2.39. The molecule has 0 spiro atoms. The fraction of sp³-hybridized carbons (Fsp3) is 0.538. The van der Waals surface area contributed by atoms with E-state index in [1.165, 1.54) is 0 Å². The Balaban J connectivity index is 3.20. The molecule has 1 aromatic heterocycles. The lowest BCUT2D eigenvalue weighted by molar-refractivity contribution is -0.151. The zero-order chi connectivity index (χ0) is 13.1. The molecule has 1 unspecified atom stereocenters. The molecule has 0 fully saturated rings. The third kappa shape index (κ3) is 2.78. The van der Waals surface area contributed by atoms with Crippen LogP contribution in [0.5, 0.6) is 0 Å². The normalized spacial score (nSPS) is 14.5. The minimum absolute atomic E-state index is 0.111. The average Bonchev–Trinajstić information content (AvgIpc) is 2.27. The molecular formula is C13H18ClNO2. The van der Waals surface area contributed by atoms with Crippen molar-refractivity contribution < 1.29 is 9.53 Å². The van der Waals surface area contributed by atoms with Crippen LogP contribution in [0.2, 0.25) is 5.15 Å². The molecule has 0 aliphatic rings. The average molecular weight is 256 g/mol. The standard InChI is InChI=1S/C13H18ClNO2/c1-5-17-12(16)13(4,9(2)3)10-6-7-15-11(14)8-10/h6-9H,5H2,1-4H3. The molecule has 17 heavy (non-hydrogen) atoms. The van der Waals surface area contributed by atoms with Crippen molar-refractivity contribution in [3.05, 3.63) is 29.0 Å². The Labute approximate surface area is 107 Å². The number of pyridine rings is 1. The maximum atomic E-state index is 12.1. The van der Waals surface area contributed by atoms with Crippen LogP contribution in [0.1, 0.15) is 33.3 Å². The second kappa shape index (κ2) is 5.50. The molecule has 0 saturated carbocycles. The number of carbonyl (C=O) groups is 1. The number of nitrogens with zero attached hydrogens (tertiary/aromatic N) is 1. The van der Waals surface area contributed by atoms with Crippen LogP contribution >= 0.6 is 11.6 Å². The van der Waals surface area contributed by atoms with Crippen molar-refractivity contribution in [2.24, 2.45) is 5.92 Å². The summed E-state index contributed by atoms with van der Waals surface area (Å²) >= 11 is 5.87. The molecule has 0 radical (unpaired) electrons. The highest BCUT2D eigenvalue weighted by Crippen LogP contribution is 2.34. The molecule has 0 saturated heterocycles. The number of ether oxygens (including phenoxy) is 1. The summed E-state index contributed by atoms with van der Waals surface area (Å²) in [4.78, 5) is 16.1. The number of esters is 1. The molecule has 0 amide bonds. The van der Waals surface area contributed by atoms with Crippen LogP contribution in [0.15, 0.2) is 18.3 Å². The second-order valence-electron chi connectivity index (χ2n) is 4.44. The molecule has 3 nitrogen and oxygen atoms in total. The first-order chi connectivity index (χ1) is 7.92. The lowest BCUT2D eigenvalue weighted by Gasteiger charge is -2.31. The summed E-state index contributed by atoms with van der Waals surface area (Å²) in [6.07, 6.45) is 1.61. The van der Waals surface area contributed by atoms with E-state index < -0.39 is 5.41 Å². The monoisotopic (exact) mass is 255 g/mol. The SMILES string of the molecule is CCOC(=O)C(C)(c1ccnc(Cl)c1)C(C)C. The van der Waals surface area contributed by atoms with E-state index in [2.05, 4.69) is 4.98 Å². The van der Waals surface area contributed by atoms with Gasteiger partial charge in [0.15, 0.2) is 0 Å². The maximum absolute atomic E-state index is 12.1. The van der Waals surface area contributed by atoms with Crippen LogP contribution in [0.25, 0.3) is 0 Å². The van der Waals surface area contributed by atoms with Gasteiger partial charge in [-0.3, -0.25) is 4.79 Å². The zero-order valence-corrected chi connectivity index (χ0v) is 11.4. The van der Waals surface area contributed by atoms with Crippen molar-refractivity contribution in [2.45, 2.75) is 33.1 Å². The van der Waals surface area contributed by atoms with Crippen LogP contribution in [-0.2, 0) is 14.9 Å². The predicted molar refractivity (Wildman–Crippen MR) is 68.1 cm³/mol. The summed E-state index contributed by atoms with van der Waals surface area (Å²) in [5.74, 6) is -0.114. The minimum atomic E-state index is -0.692. The number of hydrogen-bond acceptors (Lipinski definition) is 3. The fourth-order valence-electron chi connectivity index (χ4n) is 1.69. The molecule has 0 N–H and O–H groups in total. The van der Waals surface area contributed by atoms with Gasteiger partial charge in [-0.2, -0.15) is 0 Å². The van der Waals surface area contributed by atoms with E-state index in [0.29, 0.717) is 11.8 Å². The smallest absolute Gasteiger partial charge is 0.316 e. The van der Waals surface area contributed by atoms with Crippen molar-refractivity contribution in [2.75, 3.05) is 6.61 Å².